The van der Waals surface area contributed by atoms with Gasteiger partial charge in [0.05, 0.1) is 5.56 Å². The zero-order chi connectivity index (χ0) is 14.8. The van der Waals surface area contributed by atoms with Crippen molar-refractivity contribution in [1.82, 2.24) is 4.72 Å². The van der Waals surface area contributed by atoms with E-state index in [4.69, 9.17) is 5.11 Å². The van der Waals surface area contributed by atoms with Gasteiger partial charge in [-0.1, -0.05) is 30.3 Å². The van der Waals surface area contributed by atoms with E-state index < -0.39 is 22.0 Å². The lowest BCUT2D eigenvalue weighted by Crippen LogP contribution is -2.26. The van der Waals surface area contributed by atoms with Gasteiger partial charge in [0.2, 0.25) is 0 Å². The zero-order valence-electron chi connectivity index (χ0n) is 10.6. The first-order valence-electron chi connectivity index (χ1n) is 5.79. The van der Waals surface area contributed by atoms with Crippen LogP contribution < -0.4 is 4.72 Å². The van der Waals surface area contributed by atoms with Crippen molar-refractivity contribution in [2.24, 2.45) is 0 Å². The largest absolute Gasteiger partial charge is 0.478 e. The maximum Gasteiger partial charge on any atom is 0.336 e. The quantitative estimate of drug-likeness (QED) is 0.888. The number of hydrogen-bond acceptors (Lipinski definition) is 4. The molecule has 0 amide bonds. The van der Waals surface area contributed by atoms with Gasteiger partial charge in [-0.2, -0.15) is 0 Å². The zero-order valence-corrected chi connectivity index (χ0v) is 12.2. The Morgan fingerprint density at radius 1 is 1.30 bits per heavy atom. The summed E-state index contributed by atoms with van der Waals surface area (Å²) >= 11 is 0.891. The molecular formula is C13H13NO4S2. The number of sulfonamides is 1. The third-order valence-corrected chi connectivity index (χ3v) is 5.70. The first-order chi connectivity index (χ1) is 9.40. The summed E-state index contributed by atoms with van der Waals surface area (Å²) in [4.78, 5) is 10.8. The van der Waals surface area contributed by atoms with E-state index in [1.807, 2.05) is 30.3 Å². The van der Waals surface area contributed by atoms with Crippen LogP contribution in [0.3, 0.4) is 0 Å². The first-order valence-corrected chi connectivity index (χ1v) is 8.15. The van der Waals surface area contributed by atoms with Gasteiger partial charge in [0, 0.05) is 11.4 Å². The van der Waals surface area contributed by atoms with E-state index in [1.165, 1.54) is 5.38 Å². The highest BCUT2D eigenvalue weighted by Gasteiger charge is 2.21. The molecule has 7 heteroatoms. The maximum atomic E-state index is 12.2. The highest BCUT2D eigenvalue weighted by atomic mass is 32.2. The number of rotatable bonds is 5. The maximum absolute atomic E-state index is 12.2. The minimum Gasteiger partial charge on any atom is -0.478 e. The lowest BCUT2D eigenvalue weighted by Gasteiger charge is -2.13. The van der Waals surface area contributed by atoms with Crippen molar-refractivity contribution in [2.75, 3.05) is 0 Å². The molecule has 0 aliphatic rings. The predicted molar refractivity (Wildman–Crippen MR) is 76.5 cm³/mol. The third-order valence-electron chi connectivity index (χ3n) is 2.72. The van der Waals surface area contributed by atoms with Crippen LogP contribution in [0.1, 0.15) is 28.9 Å². The lowest BCUT2D eigenvalue weighted by atomic mass is 10.1. The standard InChI is InChI=1S/C13H13NO4S2/c1-9(10-5-3-2-4-6-10)14-20(17,18)12-7-11(8-19-12)13(15)16/h2-9,14H,1H3,(H,15,16). The van der Waals surface area contributed by atoms with Crippen LogP contribution in [0.25, 0.3) is 0 Å². The number of thiophene rings is 1. The van der Waals surface area contributed by atoms with Gasteiger partial charge in [0.1, 0.15) is 4.21 Å². The third kappa shape index (κ3) is 3.24. The molecule has 1 heterocycles. The molecular weight excluding hydrogens is 298 g/mol. The van der Waals surface area contributed by atoms with Gasteiger partial charge in [0.25, 0.3) is 10.0 Å². The molecule has 2 aromatic rings. The Bertz CT molecular complexity index is 707. The smallest absolute Gasteiger partial charge is 0.336 e. The molecule has 1 unspecified atom stereocenters. The molecule has 2 N–H and O–H groups in total. The van der Waals surface area contributed by atoms with E-state index in [1.54, 1.807) is 6.92 Å². The second-order valence-corrected chi connectivity index (χ2v) is 7.07. The Morgan fingerprint density at radius 3 is 2.50 bits per heavy atom. The van der Waals surface area contributed by atoms with Gasteiger partial charge in [0.15, 0.2) is 0 Å². The molecule has 1 aromatic carbocycles. The summed E-state index contributed by atoms with van der Waals surface area (Å²) < 4.78 is 26.8. The van der Waals surface area contributed by atoms with Crippen molar-refractivity contribution in [3.8, 4) is 0 Å². The summed E-state index contributed by atoms with van der Waals surface area (Å²) in [6.45, 7) is 1.73. The molecule has 0 saturated heterocycles. The van der Waals surface area contributed by atoms with E-state index in [9.17, 15) is 13.2 Å². The van der Waals surface area contributed by atoms with E-state index in [2.05, 4.69) is 4.72 Å². The minimum atomic E-state index is -3.72. The summed E-state index contributed by atoms with van der Waals surface area (Å²) in [6, 6.07) is 9.92. The Morgan fingerprint density at radius 2 is 1.95 bits per heavy atom. The molecule has 0 saturated carbocycles. The van der Waals surface area contributed by atoms with E-state index in [0.29, 0.717) is 0 Å². The Hall–Kier alpha value is -1.70. The highest BCUT2D eigenvalue weighted by Crippen LogP contribution is 2.22. The molecule has 1 atom stereocenters. The first kappa shape index (κ1) is 14.7. The molecule has 0 radical (unpaired) electrons. The Labute approximate surface area is 120 Å². The van der Waals surface area contributed by atoms with Crippen LogP contribution in [0.2, 0.25) is 0 Å². The average molecular weight is 311 g/mol. The lowest BCUT2D eigenvalue weighted by molar-refractivity contribution is 0.0697. The molecule has 106 valence electrons. The Balaban J connectivity index is 2.20. The van der Waals surface area contributed by atoms with E-state index in [-0.39, 0.29) is 9.77 Å². The van der Waals surface area contributed by atoms with Gasteiger partial charge < -0.3 is 5.11 Å². The normalized spacial score (nSPS) is 13.1. The van der Waals surface area contributed by atoms with Crippen molar-refractivity contribution < 1.29 is 18.3 Å². The van der Waals surface area contributed by atoms with Crippen molar-refractivity contribution in [3.05, 3.63) is 52.9 Å². The second kappa shape index (κ2) is 5.74. The molecule has 0 aliphatic carbocycles. The Kier molecular flexibility index (Phi) is 4.22. The fourth-order valence-corrected chi connectivity index (χ4v) is 4.07. The number of hydrogen-bond donors (Lipinski definition) is 2. The van der Waals surface area contributed by atoms with E-state index >= 15 is 0 Å². The molecule has 0 fully saturated rings. The highest BCUT2D eigenvalue weighted by molar-refractivity contribution is 7.91. The van der Waals surface area contributed by atoms with Crippen molar-refractivity contribution in [2.45, 2.75) is 17.2 Å². The van der Waals surface area contributed by atoms with Gasteiger partial charge in [-0.25, -0.2) is 17.9 Å². The molecule has 1 aromatic heterocycles. The summed E-state index contributed by atoms with van der Waals surface area (Å²) in [6.07, 6.45) is 0. The number of nitrogens with one attached hydrogen (secondary N) is 1. The summed E-state index contributed by atoms with van der Waals surface area (Å²) in [7, 11) is -3.72. The second-order valence-electron chi connectivity index (χ2n) is 4.21. The van der Waals surface area contributed by atoms with Gasteiger partial charge >= 0.3 is 5.97 Å². The monoisotopic (exact) mass is 311 g/mol. The predicted octanol–water partition coefficient (Wildman–Crippen LogP) is 2.49. The van der Waals surface area contributed by atoms with Crippen LogP contribution in [-0.4, -0.2) is 19.5 Å². The van der Waals surface area contributed by atoms with Crippen molar-refractivity contribution in [3.63, 3.8) is 0 Å². The fraction of sp³-hybridized carbons (Fsp3) is 0.154. The number of aromatic carboxylic acids is 1. The number of carboxylic acids is 1. The van der Waals surface area contributed by atoms with Crippen molar-refractivity contribution >= 4 is 27.3 Å². The number of carboxylic acid groups (broad SMARTS) is 1. The van der Waals surface area contributed by atoms with Crippen LogP contribution in [0.15, 0.2) is 46.0 Å². The van der Waals surface area contributed by atoms with Gasteiger partial charge in [-0.15, -0.1) is 11.3 Å². The summed E-state index contributed by atoms with van der Waals surface area (Å²) in [5.74, 6) is -1.14. The summed E-state index contributed by atoms with van der Waals surface area (Å²) in [5.41, 5.74) is 0.814. The van der Waals surface area contributed by atoms with E-state index in [0.717, 1.165) is 23.0 Å². The van der Waals surface area contributed by atoms with Crippen molar-refractivity contribution in [1.29, 1.82) is 0 Å². The SMILES string of the molecule is CC(NS(=O)(=O)c1cc(C(=O)O)cs1)c1ccccc1. The van der Waals surface area contributed by atoms with Crippen LogP contribution in [0.4, 0.5) is 0 Å². The molecule has 20 heavy (non-hydrogen) atoms. The summed E-state index contributed by atoms with van der Waals surface area (Å²) in [5, 5.41) is 10.1. The molecule has 2 rings (SSSR count). The average Bonchev–Trinajstić information content (AvgIpc) is 2.90. The molecule has 0 bridgehead atoms. The molecule has 0 spiro atoms. The van der Waals surface area contributed by atoms with Crippen LogP contribution in [0, 0.1) is 0 Å². The number of benzene rings is 1. The fourth-order valence-electron chi connectivity index (χ4n) is 1.67. The number of carbonyl (C=O) groups is 1. The molecule has 5 nitrogen and oxygen atoms in total. The molecule has 0 aliphatic heterocycles. The van der Waals surface area contributed by atoms with Gasteiger partial charge in [-0.3, -0.25) is 0 Å². The van der Waals surface area contributed by atoms with Gasteiger partial charge in [-0.05, 0) is 18.6 Å². The van der Waals surface area contributed by atoms with Crippen LogP contribution in [-0.2, 0) is 10.0 Å². The topological polar surface area (TPSA) is 83.5 Å². The van der Waals surface area contributed by atoms with Crippen LogP contribution >= 0.6 is 11.3 Å². The minimum absolute atomic E-state index is 0.00215. The van der Waals surface area contributed by atoms with Crippen LogP contribution in [0.5, 0.6) is 0 Å².